The van der Waals surface area contributed by atoms with E-state index in [1.165, 1.54) is 6.08 Å². The topological polar surface area (TPSA) is 69.8 Å². The van der Waals surface area contributed by atoms with Gasteiger partial charge in [-0.3, -0.25) is 9.89 Å². The van der Waals surface area contributed by atoms with Crippen molar-refractivity contribution >= 4 is 28.9 Å². The van der Waals surface area contributed by atoms with Crippen LogP contribution in [0.15, 0.2) is 55.1 Å². The van der Waals surface area contributed by atoms with Gasteiger partial charge in [0, 0.05) is 24.2 Å². The molecule has 5 nitrogen and oxygen atoms in total. The number of aromatic nitrogens is 2. The molecule has 0 saturated carbocycles. The van der Waals surface area contributed by atoms with Gasteiger partial charge in [-0.2, -0.15) is 18.3 Å². The van der Waals surface area contributed by atoms with E-state index < -0.39 is 24.3 Å². The standard InChI is InChI=1S/C26H31ClF4N4O/c1-4-7-18(8-6-13-28)23-15-24(35-34-23)32-16-17(3)9-11-20(5-2)33-25(36)21-14-19(26(29,30)31)10-12-22(21)27/h4,6-8,10,12,14-15,17,20H,1,5,9,11,13,16H2,2-3H3,(H,33,36)(H2,32,34,35)/b8-6-,18-7+/t17?,20-/m1/s1. The van der Waals surface area contributed by atoms with Crippen molar-refractivity contribution < 1.29 is 22.4 Å². The monoisotopic (exact) mass is 526 g/mol. The van der Waals surface area contributed by atoms with Gasteiger partial charge in [0.05, 0.1) is 21.8 Å². The maximum atomic E-state index is 13.0. The lowest BCUT2D eigenvalue weighted by Gasteiger charge is -2.20. The molecule has 2 atom stereocenters. The Bertz CT molecular complexity index is 1080. The summed E-state index contributed by atoms with van der Waals surface area (Å²) in [6, 6.07) is 4.32. The summed E-state index contributed by atoms with van der Waals surface area (Å²) >= 11 is 5.99. The Morgan fingerprint density at radius 2 is 2.03 bits per heavy atom. The van der Waals surface area contributed by atoms with Crippen molar-refractivity contribution in [3.8, 4) is 0 Å². The molecule has 1 amide bonds. The van der Waals surface area contributed by atoms with Gasteiger partial charge >= 0.3 is 6.18 Å². The van der Waals surface area contributed by atoms with Crippen molar-refractivity contribution in [2.24, 2.45) is 5.92 Å². The van der Waals surface area contributed by atoms with Crippen LogP contribution in [0.2, 0.25) is 5.02 Å². The Labute approximate surface area is 213 Å². The van der Waals surface area contributed by atoms with Crippen LogP contribution in [0.25, 0.3) is 5.57 Å². The van der Waals surface area contributed by atoms with E-state index in [2.05, 4.69) is 34.3 Å². The first-order chi connectivity index (χ1) is 17.1. The van der Waals surface area contributed by atoms with Gasteiger partial charge in [-0.1, -0.05) is 56.3 Å². The average molecular weight is 527 g/mol. The molecule has 0 aliphatic rings. The largest absolute Gasteiger partial charge is 0.416 e. The molecular weight excluding hydrogens is 496 g/mol. The molecule has 36 heavy (non-hydrogen) atoms. The molecule has 1 aromatic carbocycles. The van der Waals surface area contributed by atoms with Gasteiger partial charge in [0.2, 0.25) is 0 Å². The normalized spacial score (nSPS) is 14.0. The summed E-state index contributed by atoms with van der Waals surface area (Å²) in [4.78, 5) is 12.6. The highest BCUT2D eigenvalue weighted by Crippen LogP contribution is 2.32. The highest BCUT2D eigenvalue weighted by Gasteiger charge is 2.31. The minimum absolute atomic E-state index is 0.0295. The summed E-state index contributed by atoms with van der Waals surface area (Å²) in [5.41, 5.74) is 0.261. The second-order valence-electron chi connectivity index (χ2n) is 8.42. The summed E-state index contributed by atoms with van der Waals surface area (Å²) in [5, 5.41) is 13.2. The third kappa shape index (κ3) is 8.86. The van der Waals surface area contributed by atoms with Crippen LogP contribution >= 0.6 is 11.6 Å². The molecular formula is C26H31ClF4N4O. The van der Waals surface area contributed by atoms with E-state index in [4.69, 9.17) is 11.6 Å². The number of H-pyrrole nitrogens is 1. The number of nitrogens with one attached hydrogen (secondary N) is 3. The first-order valence-corrected chi connectivity index (χ1v) is 12.0. The van der Waals surface area contributed by atoms with Crippen LogP contribution < -0.4 is 10.6 Å². The van der Waals surface area contributed by atoms with Crippen molar-refractivity contribution in [2.45, 2.75) is 45.3 Å². The highest BCUT2D eigenvalue weighted by molar-refractivity contribution is 6.33. The summed E-state index contributed by atoms with van der Waals surface area (Å²) in [7, 11) is 0. The van der Waals surface area contributed by atoms with Crippen LogP contribution in [0.3, 0.4) is 0 Å². The molecule has 2 rings (SSSR count). The molecule has 0 aliphatic carbocycles. The number of aromatic amines is 1. The maximum Gasteiger partial charge on any atom is 0.416 e. The summed E-state index contributed by atoms with van der Waals surface area (Å²) < 4.78 is 51.5. The van der Waals surface area contributed by atoms with Gasteiger partial charge in [-0.25, -0.2) is 4.39 Å². The molecule has 1 unspecified atom stereocenters. The Balaban J connectivity index is 1.90. The van der Waals surface area contributed by atoms with Crippen LogP contribution in [0.4, 0.5) is 23.4 Å². The van der Waals surface area contributed by atoms with Gasteiger partial charge in [-0.15, -0.1) is 0 Å². The number of anilines is 1. The van der Waals surface area contributed by atoms with Gasteiger partial charge in [0.1, 0.15) is 12.5 Å². The van der Waals surface area contributed by atoms with Crippen molar-refractivity contribution in [1.29, 1.82) is 0 Å². The molecule has 196 valence electrons. The number of hydrogen-bond donors (Lipinski definition) is 3. The number of halogens is 5. The van der Waals surface area contributed by atoms with E-state index in [9.17, 15) is 22.4 Å². The Hall–Kier alpha value is -3.07. The fraction of sp³-hybridized carbons (Fsp3) is 0.385. The number of alkyl halides is 4. The van der Waals surface area contributed by atoms with Crippen molar-refractivity contribution in [3.63, 3.8) is 0 Å². The minimum Gasteiger partial charge on any atom is -0.370 e. The van der Waals surface area contributed by atoms with E-state index in [0.717, 1.165) is 30.2 Å². The summed E-state index contributed by atoms with van der Waals surface area (Å²) in [6.45, 7) is 7.67. The number of amides is 1. The van der Waals surface area contributed by atoms with Crippen molar-refractivity contribution in [2.75, 3.05) is 18.5 Å². The predicted molar refractivity (Wildman–Crippen MR) is 137 cm³/mol. The molecule has 0 aliphatic heterocycles. The number of carbonyl (C=O) groups excluding carboxylic acids is 1. The number of hydrogen-bond acceptors (Lipinski definition) is 3. The number of benzene rings is 1. The zero-order valence-electron chi connectivity index (χ0n) is 20.3. The first kappa shape index (κ1) is 29.2. The van der Waals surface area contributed by atoms with Gasteiger partial charge in [0.15, 0.2) is 0 Å². The molecule has 0 radical (unpaired) electrons. The number of carbonyl (C=O) groups is 1. The van der Waals surface area contributed by atoms with Crippen LogP contribution in [-0.2, 0) is 6.18 Å². The molecule has 0 fully saturated rings. The van der Waals surface area contributed by atoms with Crippen molar-refractivity contribution in [3.05, 3.63) is 77.0 Å². The second kappa shape index (κ2) is 13.9. The first-order valence-electron chi connectivity index (χ1n) is 11.6. The van der Waals surface area contributed by atoms with Gasteiger partial charge in [-0.05, 0) is 43.4 Å². The van der Waals surface area contributed by atoms with E-state index in [1.807, 2.05) is 13.0 Å². The van der Waals surface area contributed by atoms with Crippen LogP contribution in [0, 0.1) is 5.92 Å². The fourth-order valence-electron chi connectivity index (χ4n) is 3.47. The molecule has 0 saturated heterocycles. The molecule has 10 heteroatoms. The number of nitrogens with zero attached hydrogens (tertiary/aromatic N) is 1. The Morgan fingerprint density at radius 1 is 1.28 bits per heavy atom. The van der Waals surface area contributed by atoms with Crippen LogP contribution in [-0.4, -0.2) is 35.4 Å². The quantitative estimate of drug-likeness (QED) is 0.191. The molecule has 0 spiro atoms. The number of allylic oxidation sites excluding steroid dienone is 5. The maximum absolute atomic E-state index is 13.0. The van der Waals surface area contributed by atoms with E-state index >= 15 is 0 Å². The summed E-state index contributed by atoms with van der Waals surface area (Å²) in [6.07, 6.45) is 3.85. The van der Waals surface area contributed by atoms with E-state index in [0.29, 0.717) is 30.9 Å². The molecule has 0 bridgehead atoms. The lowest BCUT2D eigenvalue weighted by Crippen LogP contribution is -2.35. The zero-order chi connectivity index (χ0) is 26.7. The van der Waals surface area contributed by atoms with Crippen molar-refractivity contribution in [1.82, 2.24) is 15.5 Å². The number of rotatable bonds is 13. The highest BCUT2D eigenvalue weighted by atomic mass is 35.5. The van der Waals surface area contributed by atoms with Gasteiger partial charge < -0.3 is 10.6 Å². The van der Waals surface area contributed by atoms with E-state index in [-0.39, 0.29) is 22.5 Å². The molecule has 1 aromatic heterocycles. The van der Waals surface area contributed by atoms with Crippen LogP contribution in [0.1, 0.15) is 54.7 Å². The van der Waals surface area contributed by atoms with Crippen LogP contribution in [0.5, 0.6) is 0 Å². The third-order valence-corrected chi connectivity index (χ3v) is 5.90. The lowest BCUT2D eigenvalue weighted by molar-refractivity contribution is -0.137. The summed E-state index contributed by atoms with van der Waals surface area (Å²) in [5.74, 6) is 0.313. The fourth-order valence-corrected chi connectivity index (χ4v) is 3.68. The molecule has 3 N–H and O–H groups in total. The van der Waals surface area contributed by atoms with E-state index in [1.54, 1.807) is 18.2 Å². The molecule has 2 aromatic rings. The predicted octanol–water partition coefficient (Wildman–Crippen LogP) is 7.21. The Kier molecular flexibility index (Phi) is 11.2. The van der Waals surface area contributed by atoms with Gasteiger partial charge in [0.25, 0.3) is 5.91 Å². The zero-order valence-corrected chi connectivity index (χ0v) is 21.0. The minimum atomic E-state index is -4.56. The second-order valence-corrected chi connectivity index (χ2v) is 8.82. The lowest BCUT2D eigenvalue weighted by atomic mass is 9.99. The SMILES string of the molecule is C=C/C=C(\C=C/CF)c1cc(NCC(C)CC[C@@H](CC)NC(=O)c2cc(C(F)(F)F)ccc2Cl)[nH]n1. The smallest absolute Gasteiger partial charge is 0.370 e. The molecule has 1 heterocycles. The Morgan fingerprint density at radius 3 is 2.67 bits per heavy atom. The average Bonchev–Trinajstić information content (AvgIpc) is 3.31. The third-order valence-electron chi connectivity index (χ3n) is 5.57.